The Morgan fingerprint density at radius 3 is 2.68 bits per heavy atom. The highest BCUT2D eigenvalue weighted by atomic mass is 16.3. The van der Waals surface area contributed by atoms with Gasteiger partial charge in [0, 0.05) is 17.8 Å². The van der Waals surface area contributed by atoms with Crippen LogP contribution in [0.5, 0.6) is 5.75 Å². The van der Waals surface area contributed by atoms with Crippen LogP contribution in [-0.2, 0) is 13.0 Å². The third kappa shape index (κ3) is 2.96. The molecule has 2 aromatic rings. The van der Waals surface area contributed by atoms with Gasteiger partial charge in [0.05, 0.1) is 0 Å². The number of para-hydroxylation sites is 1. The van der Waals surface area contributed by atoms with Crippen molar-refractivity contribution < 1.29 is 5.11 Å². The first-order chi connectivity index (χ1) is 9.11. The first kappa shape index (κ1) is 13.2. The zero-order valence-electron chi connectivity index (χ0n) is 11.2. The SMILES string of the molecule is CCc1cc(NCc2ccccc2O)c(=O)[nH]c1C. The lowest BCUT2D eigenvalue weighted by Gasteiger charge is -2.10. The Bertz CT molecular complexity index is 632. The molecule has 2 rings (SSSR count). The van der Waals surface area contributed by atoms with Crippen LogP contribution in [-0.4, -0.2) is 10.1 Å². The van der Waals surface area contributed by atoms with Gasteiger partial charge in [0.1, 0.15) is 11.4 Å². The topological polar surface area (TPSA) is 65.1 Å². The van der Waals surface area contributed by atoms with Gasteiger partial charge in [0.2, 0.25) is 0 Å². The largest absolute Gasteiger partial charge is 0.508 e. The molecule has 4 heteroatoms. The number of aromatic amines is 1. The van der Waals surface area contributed by atoms with Crippen molar-refractivity contribution in [3.8, 4) is 5.75 Å². The van der Waals surface area contributed by atoms with Crippen LogP contribution in [0.2, 0.25) is 0 Å². The van der Waals surface area contributed by atoms with Crippen molar-refractivity contribution in [3.63, 3.8) is 0 Å². The Labute approximate surface area is 112 Å². The maximum atomic E-state index is 11.8. The van der Waals surface area contributed by atoms with Gasteiger partial charge < -0.3 is 15.4 Å². The number of anilines is 1. The minimum Gasteiger partial charge on any atom is -0.508 e. The minimum atomic E-state index is -0.134. The number of nitrogens with one attached hydrogen (secondary N) is 2. The summed E-state index contributed by atoms with van der Waals surface area (Å²) in [6.07, 6.45) is 0.869. The van der Waals surface area contributed by atoms with Crippen LogP contribution in [0.25, 0.3) is 0 Å². The second kappa shape index (κ2) is 5.61. The lowest BCUT2D eigenvalue weighted by molar-refractivity contribution is 0.469. The molecular weight excluding hydrogens is 240 g/mol. The third-order valence-corrected chi connectivity index (χ3v) is 3.19. The Morgan fingerprint density at radius 2 is 2.00 bits per heavy atom. The summed E-state index contributed by atoms with van der Waals surface area (Å²) >= 11 is 0. The zero-order chi connectivity index (χ0) is 13.8. The summed E-state index contributed by atoms with van der Waals surface area (Å²) in [6, 6.07) is 8.95. The van der Waals surface area contributed by atoms with E-state index in [9.17, 15) is 9.90 Å². The molecule has 0 saturated carbocycles. The van der Waals surface area contributed by atoms with Crippen molar-refractivity contribution in [2.45, 2.75) is 26.8 Å². The normalized spacial score (nSPS) is 10.4. The highest BCUT2D eigenvalue weighted by Gasteiger charge is 2.05. The zero-order valence-corrected chi connectivity index (χ0v) is 11.2. The van der Waals surface area contributed by atoms with E-state index in [-0.39, 0.29) is 11.3 Å². The molecule has 0 aliphatic rings. The van der Waals surface area contributed by atoms with E-state index in [2.05, 4.69) is 10.3 Å². The van der Waals surface area contributed by atoms with E-state index in [0.29, 0.717) is 12.2 Å². The number of rotatable bonds is 4. The highest BCUT2D eigenvalue weighted by Crippen LogP contribution is 2.17. The van der Waals surface area contributed by atoms with Crippen LogP contribution in [0.15, 0.2) is 35.1 Å². The number of aromatic nitrogens is 1. The van der Waals surface area contributed by atoms with Crippen molar-refractivity contribution in [1.29, 1.82) is 0 Å². The summed E-state index contributed by atoms with van der Waals surface area (Å²) in [6.45, 7) is 4.36. The molecule has 1 heterocycles. The number of hydrogen-bond acceptors (Lipinski definition) is 3. The van der Waals surface area contributed by atoms with E-state index in [1.807, 2.05) is 32.0 Å². The number of pyridine rings is 1. The van der Waals surface area contributed by atoms with Crippen LogP contribution in [0.4, 0.5) is 5.69 Å². The van der Waals surface area contributed by atoms with Crippen LogP contribution in [0.3, 0.4) is 0 Å². The molecular formula is C15H18N2O2. The number of H-pyrrole nitrogens is 1. The molecule has 0 fully saturated rings. The van der Waals surface area contributed by atoms with Crippen LogP contribution < -0.4 is 10.9 Å². The molecule has 4 nitrogen and oxygen atoms in total. The van der Waals surface area contributed by atoms with E-state index in [1.54, 1.807) is 12.1 Å². The van der Waals surface area contributed by atoms with Gasteiger partial charge in [-0.3, -0.25) is 4.79 Å². The fourth-order valence-electron chi connectivity index (χ4n) is 2.02. The Hall–Kier alpha value is -2.23. The number of phenols is 1. The number of phenolic OH excluding ortho intramolecular Hbond substituents is 1. The van der Waals surface area contributed by atoms with Gasteiger partial charge in [-0.1, -0.05) is 25.1 Å². The molecule has 0 radical (unpaired) electrons. The van der Waals surface area contributed by atoms with E-state index in [1.165, 1.54) is 0 Å². The molecule has 19 heavy (non-hydrogen) atoms. The molecule has 0 bridgehead atoms. The Kier molecular flexibility index (Phi) is 3.90. The van der Waals surface area contributed by atoms with Gasteiger partial charge in [0.15, 0.2) is 0 Å². The number of hydrogen-bond donors (Lipinski definition) is 3. The highest BCUT2D eigenvalue weighted by molar-refractivity contribution is 5.46. The quantitative estimate of drug-likeness (QED) is 0.789. The first-order valence-electron chi connectivity index (χ1n) is 6.35. The van der Waals surface area contributed by atoms with Gasteiger partial charge in [-0.05, 0) is 31.0 Å². The maximum absolute atomic E-state index is 11.8. The molecule has 0 unspecified atom stereocenters. The van der Waals surface area contributed by atoms with Crippen molar-refractivity contribution in [1.82, 2.24) is 4.98 Å². The second-order valence-electron chi connectivity index (χ2n) is 4.50. The van der Waals surface area contributed by atoms with Crippen LogP contribution in [0, 0.1) is 6.92 Å². The summed E-state index contributed by atoms with van der Waals surface area (Å²) in [5, 5.41) is 12.7. The Morgan fingerprint density at radius 1 is 1.26 bits per heavy atom. The maximum Gasteiger partial charge on any atom is 0.271 e. The standard InChI is InChI=1S/C15H18N2O2/c1-3-11-8-13(15(19)17-10(11)2)16-9-12-6-4-5-7-14(12)18/h4-8,16,18H,3,9H2,1-2H3,(H,17,19). The number of aromatic hydroxyl groups is 1. The van der Waals surface area contributed by atoms with E-state index >= 15 is 0 Å². The minimum absolute atomic E-state index is 0.134. The van der Waals surface area contributed by atoms with Crippen molar-refractivity contribution in [2.24, 2.45) is 0 Å². The number of aryl methyl sites for hydroxylation is 2. The Balaban J connectivity index is 2.20. The number of benzene rings is 1. The smallest absolute Gasteiger partial charge is 0.271 e. The van der Waals surface area contributed by atoms with Gasteiger partial charge in [-0.15, -0.1) is 0 Å². The fraction of sp³-hybridized carbons (Fsp3) is 0.267. The monoisotopic (exact) mass is 258 g/mol. The van der Waals surface area contributed by atoms with E-state index in [4.69, 9.17) is 0 Å². The lowest BCUT2D eigenvalue weighted by atomic mass is 10.1. The predicted molar refractivity (Wildman–Crippen MR) is 76.6 cm³/mol. The molecule has 0 spiro atoms. The molecule has 0 aliphatic heterocycles. The molecule has 0 amide bonds. The molecule has 100 valence electrons. The molecule has 1 aromatic heterocycles. The van der Waals surface area contributed by atoms with E-state index in [0.717, 1.165) is 23.2 Å². The van der Waals surface area contributed by atoms with E-state index < -0.39 is 0 Å². The molecule has 0 atom stereocenters. The predicted octanol–water partition coefficient (Wildman–Crippen LogP) is 2.56. The average molecular weight is 258 g/mol. The summed E-state index contributed by atoms with van der Waals surface area (Å²) in [5.74, 6) is 0.231. The fourth-order valence-corrected chi connectivity index (χ4v) is 2.02. The van der Waals surface area contributed by atoms with Gasteiger partial charge >= 0.3 is 0 Å². The summed E-state index contributed by atoms with van der Waals surface area (Å²) in [5.41, 5.74) is 3.18. The third-order valence-electron chi connectivity index (χ3n) is 3.19. The molecule has 1 aromatic carbocycles. The van der Waals surface area contributed by atoms with Gasteiger partial charge in [-0.25, -0.2) is 0 Å². The summed E-state index contributed by atoms with van der Waals surface area (Å²) < 4.78 is 0. The summed E-state index contributed by atoms with van der Waals surface area (Å²) in [4.78, 5) is 14.7. The van der Waals surface area contributed by atoms with Crippen molar-refractivity contribution in [2.75, 3.05) is 5.32 Å². The molecule has 0 aliphatic carbocycles. The van der Waals surface area contributed by atoms with Gasteiger partial charge in [0.25, 0.3) is 5.56 Å². The summed E-state index contributed by atoms with van der Waals surface area (Å²) in [7, 11) is 0. The molecule has 0 saturated heterocycles. The van der Waals surface area contributed by atoms with Crippen LogP contribution >= 0.6 is 0 Å². The van der Waals surface area contributed by atoms with Crippen LogP contribution in [0.1, 0.15) is 23.7 Å². The average Bonchev–Trinajstić information content (AvgIpc) is 2.39. The van der Waals surface area contributed by atoms with Gasteiger partial charge in [-0.2, -0.15) is 0 Å². The van der Waals surface area contributed by atoms with Crippen molar-refractivity contribution >= 4 is 5.69 Å². The lowest BCUT2D eigenvalue weighted by Crippen LogP contribution is -2.16. The molecule has 3 N–H and O–H groups in total. The first-order valence-corrected chi connectivity index (χ1v) is 6.35. The second-order valence-corrected chi connectivity index (χ2v) is 4.50. The van der Waals surface area contributed by atoms with Crippen molar-refractivity contribution in [3.05, 3.63) is 57.5 Å².